The summed E-state index contributed by atoms with van der Waals surface area (Å²) in [6, 6.07) is 5.39. The SMILES string of the molecule is O=C(c1ccc(Cn2cccn2)o1)N1CCCCC1C1OCCO1. The molecule has 4 rings (SSSR count). The van der Waals surface area contributed by atoms with Gasteiger partial charge in [-0.3, -0.25) is 9.48 Å². The quantitative estimate of drug-likeness (QED) is 0.856. The van der Waals surface area contributed by atoms with Crippen LogP contribution < -0.4 is 0 Å². The Hall–Kier alpha value is -2.12. The van der Waals surface area contributed by atoms with Gasteiger partial charge in [0.15, 0.2) is 12.1 Å². The molecule has 0 radical (unpaired) electrons. The third kappa shape index (κ3) is 3.09. The highest BCUT2D eigenvalue weighted by Gasteiger charge is 2.37. The maximum Gasteiger partial charge on any atom is 0.289 e. The van der Waals surface area contributed by atoms with E-state index in [1.165, 1.54) is 0 Å². The topological polar surface area (TPSA) is 69.7 Å². The van der Waals surface area contributed by atoms with Crippen molar-refractivity contribution in [1.29, 1.82) is 0 Å². The summed E-state index contributed by atoms with van der Waals surface area (Å²) in [6.07, 6.45) is 6.25. The minimum Gasteiger partial charge on any atom is -0.454 e. The summed E-state index contributed by atoms with van der Waals surface area (Å²) < 4.78 is 18.8. The Morgan fingerprint density at radius 3 is 2.92 bits per heavy atom. The second kappa shape index (κ2) is 6.78. The zero-order valence-corrected chi connectivity index (χ0v) is 13.5. The monoisotopic (exact) mass is 331 g/mol. The molecule has 2 aliphatic heterocycles. The second-order valence-electron chi connectivity index (χ2n) is 6.14. The van der Waals surface area contributed by atoms with E-state index in [-0.39, 0.29) is 18.2 Å². The molecule has 0 aliphatic carbocycles. The summed E-state index contributed by atoms with van der Waals surface area (Å²) in [6.45, 7) is 2.41. The van der Waals surface area contributed by atoms with Crippen molar-refractivity contribution < 1.29 is 18.7 Å². The molecule has 7 heteroatoms. The van der Waals surface area contributed by atoms with Crippen LogP contribution >= 0.6 is 0 Å². The van der Waals surface area contributed by atoms with Crippen molar-refractivity contribution in [2.45, 2.75) is 38.1 Å². The van der Waals surface area contributed by atoms with Crippen molar-refractivity contribution in [2.24, 2.45) is 0 Å². The average Bonchev–Trinajstić information content (AvgIpc) is 3.37. The molecule has 2 aliphatic rings. The molecule has 2 fully saturated rings. The molecule has 1 amide bonds. The van der Waals surface area contributed by atoms with E-state index in [9.17, 15) is 4.79 Å². The van der Waals surface area contributed by atoms with Crippen LogP contribution in [0.25, 0.3) is 0 Å². The Balaban J connectivity index is 1.48. The lowest BCUT2D eigenvalue weighted by atomic mass is 10.0. The lowest BCUT2D eigenvalue weighted by Crippen LogP contribution is -2.50. The Morgan fingerprint density at radius 2 is 2.12 bits per heavy atom. The highest BCUT2D eigenvalue weighted by Crippen LogP contribution is 2.26. The Bertz CT molecular complexity index is 676. The smallest absolute Gasteiger partial charge is 0.289 e. The van der Waals surface area contributed by atoms with Crippen molar-refractivity contribution in [3.63, 3.8) is 0 Å². The maximum absolute atomic E-state index is 12.9. The third-order valence-electron chi connectivity index (χ3n) is 4.52. The molecule has 2 aromatic heterocycles. The zero-order valence-electron chi connectivity index (χ0n) is 13.5. The predicted octanol–water partition coefficient (Wildman–Crippen LogP) is 1.89. The lowest BCUT2D eigenvalue weighted by Gasteiger charge is -2.37. The molecule has 0 N–H and O–H groups in total. The van der Waals surface area contributed by atoms with Gasteiger partial charge in [0.2, 0.25) is 0 Å². The van der Waals surface area contributed by atoms with Crippen molar-refractivity contribution in [1.82, 2.24) is 14.7 Å². The average molecular weight is 331 g/mol. The van der Waals surface area contributed by atoms with Gasteiger partial charge in [-0.15, -0.1) is 0 Å². The molecule has 2 saturated heterocycles. The summed E-state index contributed by atoms with van der Waals surface area (Å²) in [5.41, 5.74) is 0. The number of aromatic nitrogens is 2. The fourth-order valence-electron chi connectivity index (χ4n) is 3.36. The van der Waals surface area contributed by atoms with Gasteiger partial charge in [-0.05, 0) is 37.5 Å². The van der Waals surface area contributed by atoms with Crippen molar-refractivity contribution in [2.75, 3.05) is 19.8 Å². The molecule has 7 nitrogen and oxygen atoms in total. The summed E-state index contributed by atoms with van der Waals surface area (Å²) in [4.78, 5) is 14.7. The first-order valence-corrected chi connectivity index (χ1v) is 8.41. The molecular weight excluding hydrogens is 310 g/mol. The van der Waals surface area contributed by atoms with Gasteiger partial charge in [-0.1, -0.05) is 0 Å². The number of carbonyl (C=O) groups excluding carboxylic acids is 1. The van der Waals surface area contributed by atoms with Crippen molar-refractivity contribution in [3.8, 4) is 0 Å². The van der Waals surface area contributed by atoms with E-state index in [0.29, 0.717) is 37.8 Å². The predicted molar refractivity (Wildman–Crippen MR) is 84.4 cm³/mol. The van der Waals surface area contributed by atoms with Gasteiger partial charge in [0.1, 0.15) is 5.76 Å². The molecule has 1 atom stereocenters. The second-order valence-corrected chi connectivity index (χ2v) is 6.14. The molecule has 0 saturated carbocycles. The third-order valence-corrected chi connectivity index (χ3v) is 4.52. The van der Waals surface area contributed by atoms with Crippen LogP contribution in [-0.4, -0.2) is 52.7 Å². The Kier molecular flexibility index (Phi) is 4.36. The Morgan fingerprint density at radius 1 is 1.25 bits per heavy atom. The number of furan rings is 1. The molecule has 24 heavy (non-hydrogen) atoms. The van der Waals surface area contributed by atoms with Crippen LogP contribution in [0.3, 0.4) is 0 Å². The van der Waals surface area contributed by atoms with Gasteiger partial charge >= 0.3 is 0 Å². The molecule has 0 aromatic carbocycles. The first kappa shape index (κ1) is 15.4. The van der Waals surface area contributed by atoms with E-state index in [0.717, 1.165) is 19.3 Å². The van der Waals surface area contributed by atoms with E-state index in [1.54, 1.807) is 16.9 Å². The number of hydrogen-bond acceptors (Lipinski definition) is 5. The van der Waals surface area contributed by atoms with Gasteiger partial charge < -0.3 is 18.8 Å². The Labute approximate surface area is 140 Å². The fourth-order valence-corrected chi connectivity index (χ4v) is 3.36. The highest BCUT2D eigenvalue weighted by molar-refractivity contribution is 5.91. The van der Waals surface area contributed by atoms with Gasteiger partial charge in [0.25, 0.3) is 5.91 Å². The van der Waals surface area contributed by atoms with E-state index in [4.69, 9.17) is 13.9 Å². The van der Waals surface area contributed by atoms with Gasteiger partial charge in [0, 0.05) is 18.9 Å². The minimum atomic E-state index is -0.312. The largest absolute Gasteiger partial charge is 0.454 e. The van der Waals surface area contributed by atoms with E-state index < -0.39 is 0 Å². The molecular formula is C17H21N3O4. The normalized spacial score (nSPS) is 22.2. The van der Waals surface area contributed by atoms with Crippen LogP contribution in [0.4, 0.5) is 0 Å². The molecule has 4 heterocycles. The van der Waals surface area contributed by atoms with Gasteiger partial charge in [-0.2, -0.15) is 5.10 Å². The summed E-state index contributed by atoms with van der Waals surface area (Å²) in [5.74, 6) is 0.983. The van der Waals surface area contributed by atoms with Crippen LogP contribution in [0.2, 0.25) is 0 Å². The first-order chi connectivity index (χ1) is 11.8. The van der Waals surface area contributed by atoms with Crippen LogP contribution in [0.1, 0.15) is 35.6 Å². The molecule has 0 bridgehead atoms. The van der Waals surface area contributed by atoms with Crippen LogP contribution in [-0.2, 0) is 16.0 Å². The molecule has 2 aromatic rings. The number of ether oxygens (including phenoxy) is 2. The number of piperidine rings is 1. The van der Waals surface area contributed by atoms with Crippen LogP contribution in [0, 0.1) is 0 Å². The standard InChI is InChI=1S/C17H21N3O4/c21-16(15-6-5-13(24-15)12-19-8-3-7-18-19)20-9-2-1-4-14(20)17-22-10-11-23-17/h3,5-8,14,17H,1-2,4,9-12H2. The van der Waals surface area contributed by atoms with E-state index in [1.807, 2.05) is 23.2 Å². The number of rotatable bonds is 4. The summed E-state index contributed by atoms with van der Waals surface area (Å²) in [7, 11) is 0. The number of nitrogens with zero attached hydrogens (tertiary/aromatic N) is 3. The number of carbonyl (C=O) groups is 1. The van der Waals surface area contributed by atoms with Crippen LogP contribution in [0.15, 0.2) is 35.0 Å². The molecule has 0 spiro atoms. The van der Waals surface area contributed by atoms with Crippen molar-refractivity contribution in [3.05, 3.63) is 42.1 Å². The number of likely N-dealkylation sites (tertiary alicyclic amines) is 1. The van der Waals surface area contributed by atoms with Gasteiger partial charge in [-0.25, -0.2) is 0 Å². The highest BCUT2D eigenvalue weighted by atomic mass is 16.7. The molecule has 128 valence electrons. The zero-order chi connectivity index (χ0) is 16.4. The minimum absolute atomic E-state index is 0.0339. The van der Waals surface area contributed by atoms with Gasteiger partial charge in [0.05, 0.1) is 25.8 Å². The first-order valence-electron chi connectivity index (χ1n) is 8.41. The summed E-state index contributed by atoms with van der Waals surface area (Å²) in [5, 5.41) is 4.15. The fraction of sp³-hybridized carbons (Fsp3) is 0.529. The number of amides is 1. The number of hydrogen-bond donors (Lipinski definition) is 0. The summed E-state index contributed by atoms with van der Waals surface area (Å²) >= 11 is 0. The van der Waals surface area contributed by atoms with Crippen molar-refractivity contribution >= 4 is 5.91 Å². The lowest BCUT2D eigenvalue weighted by molar-refractivity contribution is -0.100. The molecule has 1 unspecified atom stereocenters. The van der Waals surface area contributed by atoms with E-state index in [2.05, 4.69) is 5.10 Å². The van der Waals surface area contributed by atoms with Crippen LogP contribution in [0.5, 0.6) is 0 Å². The van der Waals surface area contributed by atoms with E-state index >= 15 is 0 Å². The maximum atomic E-state index is 12.9.